The first kappa shape index (κ1) is 9.09. The van der Waals surface area contributed by atoms with Gasteiger partial charge in [0.2, 0.25) is 0 Å². The minimum Gasteiger partial charge on any atom is -0.487 e. The first-order valence-electron chi connectivity index (χ1n) is 4.04. The second kappa shape index (κ2) is 3.35. The van der Waals surface area contributed by atoms with Crippen molar-refractivity contribution in [2.75, 3.05) is 6.61 Å². The summed E-state index contributed by atoms with van der Waals surface area (Å²) < 4.78 is 5.28. The van der Waals surface area contributed by atoms with E-state index in [1.54, 1.807) is 12.1 Å². The van der Waals surface area contributed by atoms with Gasteiger partial charge >= 0.3 is 5.97 Å². The third-order valence-electron chi connectivity index (χ3n) is 1.94. The van der Waals surface area contributed by atoms with Crippen LogP contribution in [0.1, 0.15) is 15.9 Å². The molecule has 1 N–H and O–H groups in total. The second-order valence-electron chi connectivity index (χ2n) is 2.89. The van der Waals surface area contributed by atoms with Crippen LogP contribution in [0.25, 0.3) is 6.08 Å². The maximum absolute atomic E-state index is 10.7. The molecule has 0 aromatic heterocycles. The standard InChI is InChI=1S/C10H7ClO3/c11-8-5-7(10(12)13)4-6-2-1-3-14-9(6)8/h1-2,4-5H,3H2,(H,12,13). The van der Waals surface area contributed by atoms with Crippen LogP contribution in [0.15, 0.2) is 18.2 Å². The zero-order valence-corrected chi connectivity index (χ0v) is 7.91. The lowest BCUT2D eigenvalue weighted by Gasteiger charge is -2.14. The number of fused-ring (bicyclic) bond motifs is 1. The summed E-state index contributed by atoms with van der Waals surface area (Å²) in [6, 6.07) is 2.93. The zero-order chi connectivity index (χ0) is 10.1. The Hall–Kier alpha value is -1.48. The normalized spacial score (nSPS) is 13.2. The number of hydrogen-bond acceptors (Lipinski definition) is 2. The summed E-state index contributed by atoms with van der Waals surface area (Å²) in [4.78, 5) is 10.7. The number of rotatable bonds is 1. The number of carboxylic acids is 1. The fourth-order valence-corrected chi connectivity index (χ4v) is 1.60. The van der Waals surface area contributed by atoms with Crippen molar-refractivity contribution in [3.63, 3.8) is 0 Å². The zero-order valence-electron chi connectivity index (χ0n) is 7.16. The quantitative estimate of drug-likeness (QED) is 0.775. The predicted octanol–water partition coefficient (Wildman–Crippen LogP) is 2.44. The van der Waals surface area contributed by atoms with Crippen LogP contribution < -0.4 is 4.74 Å². The molecule has 0 aliphatic carbocycles. The predicted molar refractivity (Wildman–Crippen MR) is 52.9 cm³/mol. The van der Waals surface area contributed by atoms with Crippen LogP contribution in [0.2, 0.25) is 5.02 Å². The molecule has 0 spiro atoms. The Morgan fingerprint density at radius 3 is 3.00 bits per heavy atom. The Balaban J connectivity index is 2.59. The lowest BCUT2D eigenvalue weighted by atomic mass is 10.1. The van der Waals surface area contributed by atoms with E-state index in [-0.39, 0.29) is 5.56 Å². The van der Waals surface area contributed by atoms with Gasteiger partial charge in [0, 0.05) is 5.56 Å². The molecule has 14 heavy (non-hydrogen) atoms. The number of benzene rings is 1. The van der Waals surface area contributed by atoms with Crippen molar-refractivity contribution in [3.8, 4) is 5.75 Å². The van der Waals surface area contributed by atoms with Gasteiger partial charge in [-0.15, -0.1) is 0 Å². The van der Waals surface area contributed by atoms with E-state index in [0.29, 0.717) is 22.9 Å². The highest BCUT2D eigenvalue weighted by Crippen LogP contribution is 2.33. The van der Waals surface area contributed by atoms with Gasteiger partial charge in [0.25, 0.3) is 0 Å². The van der Waals surface area contributed by atoms with Gasteiger partial charge in [-0.3, -0.25) is 0 Å². The summed E-state index contributed by atoms with van der Waals surface area (Å²) in [7, 11) is 0. The topological polar surface area (TPSA) is 46.5 Å². The molecule has 2 rings (SSSR count). The van der Waals surface area contributed by atoms with E-state index in [0.717, 1.165) is 0 Å². The lowest BCUT2D eigenvalue weighted by molar-refractivity contribution is 0.0697. The molecule has 0 saturated heterocycles. The van der Waals surface area contributed by atoms with Crippen LogP contribution in [0.4, 0.5) is 0 Å². The Bertz CT molecular complexity index is 424. The monoisotopic (exact) mass is 210 g/mol. The maximum atomic E-state index is 10.7. The van der Waals surface area contributed by atoms with E-state index in [9.17, 15) is 4.79 Å². The van der Waals surface area contributed by atoms with Gasteiger partial charge in [0.1, 0.15) is 12.4 Å². The third-order valence-corrected chi connectivity index (χ3v) is 2.22. The van der Waals surface area contributed by atoms with Crippen molar-refractivity contribution in [2.24, 2.45) is 0 Å². The summed E-state index contributed by atoms with van der Waals surface area (Å²) in [5.41, 5.74) is 0.880. The van der Waals surface area contributed by atoms with Gasteiger partial charge in [-0.2, -0.15) is 0 Å². The highest BCUT2D eigenvalue weighted by molar-refractivity contribution is 6.32. The van der Waals surface area contributed by atoms with Gasteiger partial charge in [-0.1, -0.05) is 17.7 Å². The van der Waals surface area contributed by atoms with Crippen LogP contribution >= 0.6 is 11.6 Å². The SMILES string of the molecule is O=C(O)c1cc(Cl)c2c(c1)C=CCO2. The molecule has 1 aromatic carbocycles. The molecule has 1 heterocycles. The number of hydrogen-bond donors (Lipinski definition) is 1. The van der Waals surface area contributed by atoms with E-state index in [2.05, 4.69) is 0 Å². The molecular weight excluding hydrogens is 204 g/mol. The average Bonchev–Trinajstić information content (AvgIpc) is 2.17. The van der Waals surface area contributed by atoms with Gasteiger partial charge < -0.3 is 9.84 Å². The summed E-state index contributed by atoms with van der Waals surface area (Å²) >= 11 is 5.87. The van der Waals surface area contributed by atoms with Gasteiger partial charge in [-0.05, 0) is 18.2 Å². The van der Waals surface area contributed by atoms with Crippen molar-refractivity contribution in [3.05, 3.63) is 34.4 Å². The Morgan fingerprint density at radius 2 is 2.29 bits per heavy atom. The molecule has 1 aliphatic heterocycles. The maximum Gasteiger partial charge on any atom is 0.335 e. The smallest absolute Gasteiger partial charge is 0.335 e. The van der Waals surface area contributed by atoms with E-state index < -0.39 is 5.97 Å². The van der Waals surface area contributed by atoms with Crippen LogP contribution in [-0.4, -0.2) is 17.7 Å². The summed E-state index contributed by atoms with van der Waals surface area (Å²) in [6.45, 7) is 0.471. The van der Waals surface area contributed by atoms with Crippen molar-refractivity contribution in [1.29, 1.82) is 0 Å². The van der Waals surface area contributed by atoms with E-state index in [1.165, 1.54) is 6.07 Å². The summed E-state index contributed by atoms with van der Waals surface area (Å²) in [5, 5.41) is 9.12. The van der Waals surface area contributed by atoms with Crippen molar-refractivity contribution in [2.45, 2.75) is 0 Å². The van der Waals surface area contributed by atoms with E-state index in [4.69, 9.17) is 21.4 Å². The van der Waals surface area contributed by atoms with E-state index >= 15 is 0 Å². The number of halogens is 1. The van der Waals surface area contributed by atoms with E-state index in [1.807, 2.05) is 6.08 Å². The Kier molecular flexibility index (Phi) is 2.17. The molecule has 4 heteroatoms. The van der Waals surface area contributed by atoms with Crippen LogP contribution in [0.5, 0.6) is 5.75 Å². The van der Waals surface area contributed by atoms with Crippen LogP contribution in [0, 0.1) is 0 Å². The number of carbonyl (C=O) groups is 1. The highest BCUT2D eigenvalue weighted by atomic mass is 35.5. The molecular formula is C10H7ClO3. The van der Waals surface area contributed by atoms with Gasteiger partial charge in [0.05, 0.1) is 10.6 Å². The molecule has 3 nitrogen and oxygen atoms in total. The number of aromatic carboxylic acids is 1. The largest absolute Gasteiger partial charge is 0.487 e. The Morgan fingerprint density at radius 1 is 1.50 bits per heavy atom. The molecule has 1 aliphatic rings. The van der Waals surface area contributed by atoms with Gasteiger partial charge in [0.15, 0.2) is 0 Å². The molecule has 0 fully saturated rings. The highest BCUT2D eigenvalue weighted by Gasteiger charge is 2.14. The van der Waals surface area contributed by atoms with Crippen molar-refractivity contribution >= 4 is 23.6 Å². The fraction of sp³-hybridized carbons (Fsp3) is 0.100. The average molecular weight is 211 g/mol. The van der Waals surface area contributed by atoms with Crippen molar-refractivity contribution in [1.82, 2.24) is 0 Å². The summed E-state index contributed by atoms with van der Waals surface area (Å²) in [6.07, 6.45) is 3.61. The van der Waals surface area contributed by atoms with Crippen LogP contribution in [-0.2, 0) is 0 Å². The minimum atomic E-state index is -0.992. The molecule has 72 valence electrons. The molecule has 1 aromatic rings. The molecule has 0 atom stereocenters. The minimum absolute atomic E-state index is 0.170. The lowest BCUT2D eigenvalue weighted by Crippen LogP contribution is -2.04. The van der Waals surface area contributed by atoms with Gasteiger partial charge in [-0.25, -0.2) is 4.79 Å². The first-order valence-corrected chi connectivity index (χ1v) is 4.42. The second-order valence-corrected chi connectivity index (χ2v) is 3.30. The molecule has 0 unspecified atom stereocenters. The molecule has 0 amide bonds. The summed E-state index contributed by atoms with van der Waals surface area (Å²) in [5.74, 6) is -0.437. The fourth-order valence-electron chi connectivity index (χ4n) is 1.32. The molecule has 0 saturated carbocycles. The first-order chi connectivity index (χ1) is 6.68. The molecule has 0 bridgehead atoms. The molecule has 0 radical (unpaired) electrons. The number of carboxylic acid groups (broad SMARTS) is 1. The van der Waals surface area contributed by atoms with Crippen LogP contribution in [0.3, 0.4) is 0 Å². The Labute approximate surface area is 85.6 Å². The van der Waals surface area contributed by atoms with Crippen molar-refractivity contribution < 1.29 is 14.6 Å². The number of ether oxygens (including phenoxy) is 1. The third kappa shape index (κ3) is 1.46.